The maximum absolute atomic E-state index is 14.5. The number of hydrogen-bond acceptors (Lipinski definition) is 7. The number of amides is 3. The average molecular weight is 717 g/mol. The van der Waals surface area contributed by atoms with Gasteiger partial charge in [0.25, 0.3) is 0 Å². The monoisotopic (exact) mass is 715 g/mol. The summed E-state index contributed by atoms with van der Waals surface area (Å²) in [4.78, 5) is 60.8. The third-order valence-electron chi connectivity index (χ3n) is 10.2. The summed E-state index contributed by atoms with van der Waals surface area (Å²) in [5, 5.41) is 10.2. The van der Waals surface area contributed by atoms with Gasteiger partial charge in [0.2, 0.25) is 17.7 Å². The molecule has 3 saturated heterocycles. The second-order valence-electron chi connectivity index (χ2n) is 13.2. The SMILES string of the molecule is C=CCCC(=O)N(C)[C@H](C)[C@H](OC(=O)[C@@H]1[C@H]2O[C@@]3(CC2Br)[C@H](C(=O)N(CC=C)C(C)CCC)N([C@H](C)CO)C(=O)[C@@H]13)c1ccccc1. The van der Waals surface area contributed by atoms with Crippen LogP contribution in [0, 0.1) is 11.8 Å². The van der Waals surface area contributed by atoms with Gasteiger partial charge in [-0.15, -0.1) is 13.2 Å². The molecular weight excluding hydrogens is 666 g/mol. The number of likely N-dealkylation sites (N-methyl/N-ethyl adjacent to an activating group) is 1. The topological polar surface area (TPSA) is 117 Å². The van der Waals surface area contributed by atoms with Gasteiger partial charge in [-0.1, -0.05) is 71.8 Å². The van der Waals surface area contributed by atoms with Crippen molar-refractivity contribution in [3.05, 3.63) is 61.2 Å². The number of carbonyl (C=O) groups excluding carboxylic acids is 4. The first kappa shape index (κ1) is 36.8. The fraction of sp³-hybridized carbons (Fsp3) is 0.611. The van der Waals surface area contributed by atoms with Gasteiger partial charge in [0.1, 0.15) is 17.7 Å². The maximum atomic E-state index is 14.5. The fourth-order valence-electron chi connectivity index (χ4n) is 7.66. The number of likely N-dealkylation sites (tertiary alicyclic amines) is 1. The third kappa shape index (κ3) is 6.81. The molecule has 0 aromatic heterocycles. The standard InChI is InChI=1S/C36H50BrN3O7/c1-8-11-18-27(42)38(7)24(6)30(25-16-13-12-14-17-25)46-35(45)28-29-33(43)40(23(5)21-41)32(36(29)20-26(37)31(28)47-36)34(44)39(19-10-3)22(4)15-9-2/h8,10,12-14,16-17,22-24,26,28-32,41H,1,3,9,11,15,18-21H2,2,4-7H3/t22?,23-,24-,26?,28+,29-,30+,31+,32+,36-/m1/s1. The van der Waals surface area contributed by atoms with Crippen LogP contribution >= 0.6 is 15.9 Å². The van der Waals surface area contributed by atoms with Crippen LogP contribution in [0.1, 0.15) is 71.5 Å². The summed E-state index contributed by atoms with van der Waals surface area (Å²) in [5.41, 5.74) is -0.589. The van der Waals surface area contributed by atoms with E-state index in [-0.39, 0.29) is 42.3 Å². The lowest BCUT2D eigenvalue weighted by Gasteiger charge is -2.40. The van der Waals surface area contributed by atoms with E-state index >= 15 is 0 Å². The van der Waals surface area contributed by atoms with Crippen molar-refractivity contribution in [2.24, 2.45) is 11.8 Å². The summed E-state index contributed by atoms with van der Waals surface area (Å²) in [6.45, 7) is 15.0. The summed E-state index contributed by atoms with van der Waals surface area (Å²) in [6, 6.07) is 6.84. The molecule has 1 aromatic rings. The normalized spacial score (nSPS) is 28.6. The number of carbonyl (C=O) groups is 4. The Kier molecular flexibility index (Phi) is 12.1. The number of hydrogen-bond donors (Lipinski definition) is 1. The summed E-state index contributed by atoms with van der Waals surface area (Å²) >= 11 is 3.72. The molecule has 3 heterocycles. The lowest BCUT2D eigenvalue weighted by Crippen LogP contribution is -2.59. The smallest absolute Gasteiger partial charge is 0.313 e. The number of alkyl halides is 1. The number of aliphatic hydroxyl groups is 1. The highest BCUT2D eigenvalue weighted by molar-refractivity contribution is 9.09. The zero-order chi connectivity index (χ0) is 34.6. The first-order chi connectivity index (χ1) is 22.4. The largest absolute Gasteiger partial charge is 0.455 e. The molecule has 10 atom stereocenters. The second-order valence-corrected chi connectivity index (χ2v) is 14.4. The molecule has 10 nitrogen and oxygen atoms in total. The molecule has 47 heavy (non-hydrogen) atoms. The Morgan fingerprint density at radius 1 is 1.19 bits per heavy atom. The molecule has 258 valence electrons. The van der Waals surface area contributed by atoms with Crippen molar-refractivity contribution in [3.63, 3.8) is 0 Å². The number of halogens is 1. The van der Waals surface area contributed by atoms with E-state index in [4.69, 9.17) is 9.47 Å². The van der Waals surface area contributed by atoms with Crippen molar-refractivity contribution < 1.29 is 33.8 Å². The van der Waals surface area contributed by atoms with E-state index in [1.807, 2.05) is 51.1 Å². The first-order valence-corrected chi connectivity index (χ1v) is 17.6. The number of ether oxygens (including phenoxy) is 2. The van der Waals surface area contributed by atoms with Crippen LogP contribution in [-0.4, -0.2) is 104 Å². The van der Waals surface area contributed by atoms with Gasteiger partial charge in [0, 0.05) is 30.9 Å². The van der Waals surface area contributed by atoms with Crippen LogP contribution in [-0.2, 0) is 28.7 Å². The number of allylic oxidation sites excluding steroid dienone is 1. The fourth-order valence-corrected chi connectivity index (χ4v) is 8.60. The third-order valence-corrected chi connectivity index (χ3v) is 11.0. The Morgan fingerprint density at radius 2 is 1.87 bits per heavy atom. The van der Waals surface area contributed by atoms with E-state index in [9.17, 15) is 24.3 Å². The lowest BCUT2D eigenvalue weighted by atomic mass is 9.70. The number of rotatable bonds is 16. The van der Waals surface area contributed by atoms with Gasteiger partial charge in [-0.05, 0) is 45.6 Å². The van der Waals surface area contributed by atoms with E-state index in [0.717, 1.165) is 12.8 Å². The highest BCUT2D eigenvalue weighted by atomic mass is 79.9. The van der Waals surface area contributed by atoms with Crippen molar-refractivity contribution in [1.82, 2.24) is 14.7 Å². The van der Waals surface area contributed by atoms with Crippen LogP contribution in [0.25, 0.3) is 0 Å². The zero-order valence-electron chi connectivity index (χ0n) is 28.2. The molecule has 3 fully saturated rings. The molecule has 2 unspecified atom stereocenters. The van der Waals surface area contributed by atoms with Crippen LogP contribution in [0.15, 0.2) is 55.6 Å². The first-order valence-electron chi connectivity index (χ1n) is 16.7. The van der Waals surface area contributed by atoms with Crippen LogP contribution in [0.3, 0.4) is 0 Å². The highest BCUT2D eigenvalue weighted by Crippen LogP contribution is 2.61. The molecule has 4 rings (SSSR count). The minimum absolute atomic E-state index is 0.112. The van der Waals surface area contributed by atoms with Crippen LogP contribution in [0.4, 0.5) is 0 Å². The average Bonchev–Trinajstić information content (AvgIpc) is 3.67. The quantitative estimate of drug-likeness (QED) is 0.153. The summed E-state index contributed by atoms with van der Waals surface area (Å²) in [5.74, 6) is -3.42. The predicted octanol–water partition coefficient (Wildman–Crippen LogP) is 4.42. The summed E-state index contributed by atoms with van der Waals surface area (Å²) in [6.07, 6.45) is 4.57. The Balaban J connectivity index is 1.73. The van der Waals surface area contributed by atoms with Crippen LogP contribution in [0.2, 0.25) is 0 Å². The highest BCUT2D eigenvalue weighted by Gasteiger charge is 2.77. The molecule has 1 spiro atoms. The van der Waals surface area contributed by atoms with Crippen LogP contribution < -0.4 is 0 Å². The molecule has 11 heteroatoms. The van der Waals surface area contributed by atoms with Gasteiger partial charge in [0.15, 0.2) is 0 Å². The maximum Gasteiger partial charge on any atom is 0.313 e. The van der Waals surface area contributed by atoms with Crippen molar-refractivity contribution in [2.45, 2.75) is 107 Å². The van der Waals surface area contributed by atoms with Gasteiger partial charge in [0.05, 0.1) is 36.6 Å². The second kappa shape index (κ2) is 15.5. The number of esters is 1. The van der Waals surface area contributed by atoms with Crippen molar-refractivity contribution in [2.75, 3.05) is 20.2 Å². The molecule has 0 aliphatic carbocycles. The van der Waals surface area contributed by atoms with Gasteiger partial charge in [-0.3, -0.25) is 19.2 Å². The number of nitrogens with zero attached hydrogens (tertiary/aromatic N) is 3. The molecule has 3 amide bonds. The zero-order valence-corrected chi connectivity index (χ0v) is 29.8. The molecule has 0 radical (unpaired) electrons. The van der Waals surface area contributed by atoms with Gasteiger partial charge in [-0.2, -0.15) is 0 Å². The van der Waals surface area contributed by atoms with Crippen molar-refractivity contribution in [1.29, 1.82) is 0 Å². The molecule has 2 bridgehead atoms. The Morgan fingerprint density at radius 3 is 2.47 bits per heavy atom. The Bertz CT molecular complexity index is 1330. The summed E-state index contributed by atoms with van der Waals surface area (Å²) in [7, 11) is 1.68. The van der Waals surface area contributed by atoms with Crippen molar-refractivity contribution >= 4 is 39.6 Å². The minimum atomic E-state index is -1.29. The van der Waals surface area contributed by atoms with E-state index in [1.54, 1.807) is 35.9 Å². The van der Waals surface area contributed by atoms with E-state index in [1.165, 1.54) is 4.90 Å². The molecular formula is C36H50BrN3O7. The molecule has 1 N–H and O–H groups in total. The van der Waals surface area contributed by atoms with E-state index in [2.05, 4.69) is 29.1 Å². The molecule has 1 aromatic carbocycles. The van der Waals surface area contributed by atoms with E-state index < -0.39 is 59.6 Å². The molecule has 3 aliphatic rings. The predicted molar refractivity (Wildman–Crippen MR) is 182 cm³/mol. The van der Waals surface area contributed by atoms with E-state index in [0.29, 0.717) is 18.4 Å². The number of benzene rings is 1. The van der Waals surface area contributed by atoms with Gasteiger partial charge in [-0.25, -0.2) is 0 Å². The lowest BCUT2D eigenvalue weighted by molar-refractivity contribution is -0.165. The molecule has 0 saturated carbocycles. The Labute approximate surface area is 287 Å². The molecule has 3 aliphatic heterocycles. The summed E-state index contributed by atoms with van der Waals surface area (Å²) < 4.78 is 13.0. The number of aliphatic hydroxyl groups excluding tert-OH is 1. The number of fused-ring (bicyclic) bond motifs is 1. The van der Waals surface area contributed by atoms with Crippen LogP contribution in [0.5, 0.6) is 0 Å². The van der Waals surface area contributed by atoms with Gasteiger partial charge >= 0.3 is 5.97 Å². The van der Waals surface area contributed by atoms with Crippen molar-refractivity contribution in [3.8, 4) is 0 Å². The Hall–Kier alpha value is -3.02. The van der Waals surface area contributed by atoms with Gasteiger partial charge < -0.3 is 29.3 Å². The minimum Gasteiger partial charge on any atom is -0.455 e.